The van der Waals surface area contributed by atoms with Gasteiger partial charge in [0.2, 0.25) is 0 Å². The second kappa shape index (κ2) is 6.02. The Hall–Kier alpha value is -0.570. The zero-order valence-electron chi connectivity index (χ0n) is 9.67. The van der Waals surface area contributed by atoms with Crippen LogP contribution < -0.4 is 0 Å². The molecule has 0 spiro atoms. The summed E-state index contributed by atoms with van der Waals surface area (Å²) in [5.74, 6) is -0.146. The number of hydrogen-bond donors (Lipinski definition) is 1. The summed E-state index contributed by atoms with van der Waals surface area (Å²) in [5.41, 5.74) is -1.29. The Morgan fingerprint density at radius 2 is 2.00 bits per heavy atom. The van der Waals surface area contributed by atoms with Gasteiger partial charge in [0, 0.05) is 0 Å². The van der Waals surface area contributed by atoms with Crippen molar-refractivity contribution >= 4 is 5.97 Å². The summed E-state index contributed by atoms with van der Waals surface area (Å²) in [7, 11) is 0. The van der Waals surface area contributed by atoms with E-state index in [2.05, 4.69) is 0 Å². The molecule has 14 heavy (non-hydrogen) atoms. The summed E-state index contributed by atoms with van der Waals surface area (Å²) in [6.07, 6.45) is 1.86. The molecule has 0 bridgehead atoms. The molecule has 2 atom stereocenters. The molecule has 0 aliphatic rings. The van der Waals surface area contributed by atoms with Crippen molar-refractivity contribution in [2.24, 2.45) is 5.92 Å². The molecule has 0 aliphatic heterocycles. The van der Waals surface area contributed by atoms with E-state index in [1.165, 1.54) is 0 Å². The normalized spacial score (nSPS) is 17.2. The first-order chi connectivity index (χ1) is 6.50. The maximum Gasteiger partial charge on any atom is 0.338 e. The molecule has 0 fully saturated rings. The molecule has 0 aromatic rings. The van der Waals surface area contributed by atoms with Gasteiger partial charge in [-0.2, -0.15) is 0 Å². The van der Waals surface area contributed by atoms with Crippen molar-refractivity contribution < 1.29 is 14.6 Å². The van der Waals surface area contributed by atoms with Gasteiger partial charge in [0.05, 0.1) is 6.61 Å². The van der Waals surface area contributed by atoms with Gasteiger partial charge in [-0.3, -0.25) is 0 Å². The van der Waals surface area contributed by atoms with E-state index in [0.717, 1.165) is 6.42 Å². The molecule has 0 aromatic carbocycles. The average molecular weight is 202 g/mol. The van der Waals surface area contributed by atoms with Gasteiger partial charge in [-0.1, -0.05) is 27.2 Å². The predicted octanol–water partition coefficient (Wildman–Crippen LogP) is 2.13. The number of ether oxygens (including phenoxy) is 1. The molecule has 0 amide bonds. The van der Waals surface area contributed by atoms with Crippen LogP contribution in [0.5, 0.6) is 0 Å². The van der Waals surface area contributed by atoms with Crippen molar-refractivity contribution in [3.05, 3.63) is 0 Å². The van der Waals surface area contributed by atoms with Crippen LogP contribution in [0.1, 0.15) is 47.0 Å². The van der Waals surface area contributed by atoms with E-state index < -0.39 is 11.6 Å². The molecule has 0 rings (SSSR count). The van der Waals surface area contributed by atoms with E-state index in [4.69, 9.17) is 4.74 Å². The molecule has 0 radical (unpaired) electrons. The molecule has 0 aromatic heterocycles. The smallest absolute Gasteiger partial charge is 0.338 e. The van der Waals surface area contributed by atoms with Crippen molar-refractivity contribution in [3.8, 4) is 0 Å². The summed E-state index contributed by atoms with van der Waals surface area (Å²) >= 11 is 0. The third-order valence-electron chi connectivity index (χ3n) is 2.62. The molecular weight excluding hydrogens is 180 g/mol. The van der Waals surface area contributed by atoms with E-state index >= 15 is 0 Å². The van der Waals surface area contributed by atoms with Gasteiger partial charge in [0.1, 0.15) is 0 Å². The van der Waals surface area contributed by atoms with Crippen LogP contribution in [0.25, 0.3) is 0 Å². The summed E-state index contributed by atoms with van der Waals surface area (Å²) < 4.78 is 4.85. The van der Waals surface area contributed by atoms with E-state index in [-0.39, 0.29) is 0 Å². The largest absolute Gasteiger partial charge is 0.464 e. The van der Waals surface area contributed by atoms with Crippen LogP contribution >= 0.6 is 0 Å². The zero-order chi connectivity index (χ0) is 11.2. The molecule has 0 aliphatic carbocycles. The molecular formula is C11H22O3. The van der Waals surface area contributed by atoms with Crippen LogP contribution in [0.15, 0.2) is 0 Å². The minimum Gasteiger partial charge on any atom is -0.464 e. The third-order valence-corrected chi connectivity index (χ3v) is 2.62. The monoisotopic (exact) mass is 202 g/mol. The maximum absolute atomic E-state index is 11.5. The number of esters is 1. The predicted molar refractivity (Wildman–Crippen MR) is 55.9 cm³/mol. The molecule has 0 saturated heterocycles. The van der Waals surface area contributed by atoms with Gasteiger partial charge in [0.15, 0.2) is 5.60 Å². The quantitative estimate of drug-likeness (QED) is 0.671. The van der Waals surface area contributed by atoms with Gasteiger partial charge in [-0.05, 0) is 25.7 Å². The fraction of sp³-hybridized carbons (Fsp3) is 0.909. The minimum absolute atomic E-state index is 0.321. The highest BCUT2D eigenvalue weighted by atomic mass is 16.5. The van der Waals surface area contributed by atoms with Crippen LogP contribution in [-0.4, -0.2) is 23.3 Å². The number of hydrogen-bond acceptors (Lipinski definition) is 3. The molecule has 3 heteroatoms. The standard InChI is InChI=1S/C11H22O3/c1-5-9(4)8-11(13,6-2)10(12)14-7-3/h9,13H,5-8H2,1-4H3. The lowest BCUT2D eigenvalue weighted by atomic mass is 9.88. The van der Waals surface area contributed by atoms with Crippen LogP contribution in [0.2, 0.25) is 0 Å². The topological polar surface area (TPSA) is 46.5 Å². The lowest BCUT2D eigenvalue weighted by molar-refractivity contribution is -0.167. The second-order valence-corrected chi connectivity index (χ2v) is 3.82. The highest BCUT2D eigenvalue weighted by Gasteiger charge is 2.36. The average Bonchev–Trinajstić information content (AvgIpc) is 2.17. The Morgan fingerprint density at radius 1 is 1.43 bits per heavy atom. The summed E-state index contributed by atoms with van der Waals surface area (Å²) in [5, 5.41) is 10.0. The zero-order valence-corrected chi connectivity index (χ0v) is 9.67. The van der Waals surface area contributed by atoms with Crippen molar-refractivity contribution in [3.63, 3.8) is 0 Å². The van der Waals surface area contributed by atoms with Gasteiger partial charge in [0.25, 0.3) is 0 Å². The Labute approximate surface area is 86.5 Å². The number of rotatable bonds is 6. The SMILES string of the molecule is CCOC(=O)C(O)(CC)CC(C)CC. The number of carbonyl (C=O) groups is 1. The molecule has 3 nitrogen and oxygen atoms in total. The fourth-order valence-electron chi connectivity index (χ4n) is 1.36. The maximum atomic E-state index is 11.5. The van der Waals surface area contributed by atoms with Gasteiger partial charge in [-0.15, -0.1) is 0 Å². The van der Waals surface area contributed by atoms with Crippen LogP contribution in [-0.2, 0) is 9.53 Å². The summed E-state index contributed by atoms with van der Waals surface area (Å²) in [4.78, 5) is 11.5. The first-order valence-corrected chi connectivity index (χ1v) is 5.39. The second-order valence-electron chi connectivity index (χ2n) is 3.82. The van der Waals surface area contributed by atoms with Crippen molar-refractivity contribution in [2.45, 2.75) is 52.6 Å². The third kappa shape index (κ3) is 3.66. The van der Waals surface area contributed by atoms with Crippen LogP contribution in [0.3, 0.4) is 0 Å². The van der Waals surface area contributed by atoms with Gasteiger partial charge < -0.3 is 9.84 Å². The Kier molecular flexibility index (Phi) is 5.77. The molecule has 2 unspecified atom stereocenters. The van der Waals surface area contributed by atoms with Crippen molar-refractivity contribution in [2.75, 3.05) is 6.61 Å². The Morgan fingerprint density at radius 3 is 2.36 bits per heavy atom. The lowest BCUT2D eigenvalue weighted by Crippen LogP contribution is -2.41. The van der Waals surface area contributed by atoms with E-state index in [1.54, 1.807) is 13.8 Å². The lowest BCUT2D eigenvalue weighted by Gasteiger charge is -2.26. The van der Waals surface area contributed by atoms with E-state index in [1.807, 2.05) is 13.8 Å². The summed E-state index contributed by atoms with van der Waals surface area (Å²) in [6, 6.07) is 0. The minimum atomic E-state index is -1.29. The van der Waals surface area contributed by atoms with Crippen molar-refractivity contribution in [1.82, 2.24) is 0 Å². The van der Waals surface area contributed by atoms with Crippen LogP contribution in [0, 0.1) is 5.92 Å². The first-order valence-electron chi connectivity index (χ1n) is 5.39. The fourth-order valence-corrected chi connectivity index (χ4v) is 1.36. The highest BCUT2D eigenvalue weighted by molar-refractivity contribution is 5.79. The Balaban J connectivity index is 4.37. The number of aliphatic hydroxyl groups is 1. The van der Waals surface area contributed by atoms with E-state index in [9.17, 15) is 9.90 Å². The van der Waals surface area contributed by atoms with Crippen molar-refractivity contribution in [1.29, 1.82) is 0 Å². The van der Waals surface area contributed by atoms with Gasteiger partial charge >= 0.3 is 5.97 Å². The van der Waals surface area contributed by atoms with Gasteiger partial charge in [-0.25, -0.2) is 4.79 Å². The molecule has 1 N–H and O–H groups in total. The molecule has 84 valence electrons. The molecule has 0 heterocycles. The van der Waals surface area contributed by atoms with E-state index in [0.29, 0.717) is 25.4 Å². The number of carbonyl (C=O) groups excluding carboxylic acids is 1. The summed E-state index contributed by atoms with van der Waals surface area (Å²) in [6.45, 7) is 7.95. The highest BCUT2D eigenvalue weighted by Crippen LogP contribution is 2.24. The van der Waals surface area contributed by atoms with Crippen LogP contribution in [0.4, 0.5) is 0 Å². The Bertz CT molecular complexity index is 179. The first kappa shape index (κ1) is 13.4. The molecule has 0 saturated carbocycles.